The lowest BCUT2D eigenvalue weighted by atomic mass is 9.87. The van der Waals surface area contributed by atoms with Crippen molar-refractivity contribution in [3.8, 4) is 0 Å². The molecule has 9 N–H and O–H groups in total. The first kappa shape index (κ1) is 46.7. The van der Waals surface area contributed by atoms with Crippen LogP contribution in [0.3, 0.4) is 0 Å². The summed E-state index contributed by atoms with van der Waals surface area (Å²) in [6.07, 6.45) is -3.74. The Morgan fingerprint density at radius 2 is 1.08 bits per heavy atom. The van der Waals surface area contributed by atoms with Crippen LogP contribution in [0.15, 0.2) is 0 Å². The number of carboxylic acids is 4. The van der Waals surface area contributed by atoms with Gasteiger partial charge in [-0.15, -0.1) is 0 Å². The second-order valence-corrected chi connectivity index (χ2v) is 13.6. The van der Waals surface area contributed by atoms with Crippen molar-refractivity contribution in [2.75, 3.05) is 0 Å². The fourth-order valence-corrected chi connectivity index (χ4v) is 5.68. The molecular formula is C34H59NO15. The van der Waals surface area contributed by atoms with E-state index in [1.54, 1.807) is 20.8 Å². The maximum Gasteiger partial charge on any atom is 0.307 e. The maximum absolute atomic E-state index is 13.0. The molecule has 50 heavy (non-hydrogen) atoms. The zero-order valence-electron chi connectivity index (χ0n) is 29.6. The van der Waals surface area contributed by atoms with Gasteiger partial charge in [-0.2, -0.15) is 0 Å². The minimum absolute atomic E-state index is 0.0270. The van der Waals surface area contributed by atoms with E-state index < -0.39 is 116 Å². The van der Waals surface area contributed by atoms with Gasteiger partial charge in [0, 0.05) is 12.5 Å². The Kier molecular flexibility index (Phi) is 23.1. The highest BCUT2D eigenvalue weighted by atomic mass is 16.6. The number of rotatable bonds is 29. The first-order valence-corrected chi connectivity index (χ1v) is 17.3. The predicted molar refractivity (Wildman–Crippen MR) is 178 cm³/mol. The van der Waals surface area contributed by atoms with Crippen molar-refractivity contribution in [2.45, 2.75) is 154 Å². The summed E-state index contributed by atoms with van der Waals surface area (Å²) >= 11 is 0. The van der Waals surface area contributed by atoms with E-state index in [4.69, 9.17) is 25.4 Å². The Bertz CT molecular complexity index is 1070. The molecule has 0 aromatic carbocycles. The first-order valence-electron chi connectivity index (χ1n) is 17.3. The molecule has 0 aliphatic carbocycles. The molecule has 0 saturated carbocycles. The van der Waals surface area contributed by atoms with Gasteiger partial charge in [-0.05, 0) is 50.9 Å². The average Bonchev–Trinajstić information content (AvgIpc) is 2.99. The van der Waals surface area contributed by atoms with Gasteiger partial charge < -0.3 is 51.0 Å². The third-order valence-electron chi connectivity index (χ3n) is 8.61. The summed E-state index contributed by atoms with van der Waals surface area (Å²) in [6.45, 7) is 7.06. The van der Waals surface area contributed by atoms with Crippen molar-refractivity contribution < 1.29 is 74.0 Å². The van der Waals surface area contributed by atoms with Crippen molar-refractivity contribution in [1.82, 2.24) is 0 Å². The van der Waals surface area contributed by atoms with Crippen LogP contribution in [0.25, 0.3) is 0 Å². The first-order chi connectivity index (χ1) is 23.3. The van der Waals surface area contributed by atoms with Gasteiger partial charge in [0.2, 0.25) is 0 Å². The molecule has 0 spiro atoms. The largest absolute Gasteiger partial charge is 0.481 e. The number of aliphatic hydroxyl groups is 3. The molecule has 0 unspecified atom stereocenters. The summed E-state index contributed by atoms with van der Waals surface area (Å²) < 4.78 is 11.4. The summed E-state index contributed by atoms with van der Waals surface area (Å²) in [6, 6.07) is -0.476. The zero-order valence-corrected chi connectivity index (χ0v) is 29.6. The van der Waals surface area contributed by atoms with Crippen molar-refractivity contribution in [3.05, 3.63) is 0 Å². The van der Waals surface area contributed by atoms with Crippen LogP contribution >= 0.6 is 0 Å². The van der Waals surface area contributed by atoms with E-state index in [2.05, 4.69) is 0 Å². The molecule has 16 heteroatoms. The Balaban J connectivity index is 5.98. The maximum atomic E-state index is 13.0. The van der Waals surface area contributed by atoms with Crippen LogP contribution in [0, 0.1) is 23.7 Å². The van der Waals surface area contributed by atoms with Gasteiger partial charge in [0.15, 0.2) is 0 Å². The summed E-state index contributed by atoms with van der Waals surface area (Å²) in [7, 11) is 0. The summed E-state index contributed by atoms with van der Waals surface area (Å²) in [5, 5.41) is 67.8. The number of hydrogen-bond donors (Lipinski definition) is 8. The highest BCUT2D eigenvalue weighted by Crippen LogP contribution is 2.29. The van der Waals surface area contributed by atoms with Gasteiger partial charge in [0.25, 0.3) is 0 Å². The Morgan fingerprint density at radius 1 is 0.620 bits per heavy atom. The van der Waals surface area contributed by atoms with Crippen LogP contribution in [-0.2, 0) is 38.2 Å². The average molecular weight is 722 g/mol. The Labute approximate surface area is 293 Å². The van der Waals surface area contributed by atoms with Crippen molar-refractivity contribution in [2.24, 2.45) is 29.4 Å². The molecule has 290 valence electrons. The Morgan fingerprint density at radius 3 is 1.50 bits per heavy atom. The second-order valence-electron chi connectivity index (χ2n) is 13.6. The molecule has 0 aliphatic heterocycles. The molecule has 10 atom stereocenters. The van der Waals surface area contributed by atoms with Gasteiger partial charge in [0.05, 0.1) is 55.8 Å². The van der Waals surface area contributed by atoms with Gasteiger partial charge >= 0.3 is 35.8 Å². The molecule has 0 aromatic heterocycles. The molecule has 0 bridgehead atoms. The molecule has 0 aliphatic rings. The van der Waals surface area contributed by atoms with Crippen molar-refractivity contribution >= 4 is 35.8 Å². The number of aliphatic carboxylic acids is 4. The quantitative estimate of drug-likeness (QED) is 0.0407. The van der Waals surface area contributed by atoms with Crippen LogP contribution in [-0.4, -0.2) is 108 Å². The lowest BCUT2D eigenvalue weighted by molar-refractivity contribution is -0.177. The number of ether oxygens (including phenoxy) is 2. The van der Waals surface area contributed by atoms with Crippen LogP contribution in [0.4, 0.5) is 0 Å². The minimum Gasteiger partial charge on any atom is -0.481 e. The van der Waals surface area contributed by atoms with E-state index in [0.29, 0.717) is 38.5 Å². The van der Waals surface area contributed by atoms with Crippen molar-refractivity contribution in [3.63, 3.8) is 0 Å². The third-order valence-corrected chi connectivity index (χ3v) is 8.61. The van der Waals surface area contributed by atoms with Crippen LogP contribution in [0.2, 0.25) is 0 Å². The zero-order chi connectivity index (χ0) is 38.6. The number of aliphatic hydroxyl groups excluding tert-OH is 3. The molecule has 0 rings (SSSR count). The topological polar surface area (TPSA) is 289 Å². The fraction of sp³-hybridized carbons (Fsp3) is 0.824. The van der Waals surface area contributed by atoms with Crippen LogP contribution in [0.1, 0.15) is 118 Å². The van der Waals surface area contributed by atoms with E-state index in [9.17, 15) is 54.3 Å². The monoisotopic (exact) mass is 721 g/mol. The Hall–Kier alpha value is -3.34. The summed E-state index contributed by atoms with van der Waals surface area (Å²) in [4.78, 5) is 71.6. The van der Waals surface area contributed by atoms with Crippen molar-refractivity contribution in [1.29, 1.82) is 0 Å². The smallest absolute Gasteiger partial charge is 0.307 e. The lowest BCUT2D eigenvalue weighted by Crippen LogP contribution is -2.42. The number of unbranched alkanes of at least 4 members (excludes halogenated alkanes) is 2. The highest BCUT2D eigenvalue weighted by Gasteiger charge is 2.37. The van der Waals surface area contributed by atoms with Gasteiger partial charge in [0.1, 0.15) is 12.2 Å². The summed E-state index contributed by atoms with van der Waals surface area (Å²) in [5.41, 5.74) is 5.63. The molecule has 0 radical (unpaired) electrons. The number of hydrogen-bond acceptors (Lipinski definition) is 12. The molecule has 0 fully saturated rings. The van der Waals surface area contributed by atoms with E-state index in [0.717, 1.165) is 6.42 Å². The third kappa shape index (κ3) is 21.0. The van der Waals surface area contributed by atoms with Crippen LogP contribution < -0.4 is 5.73 Å². The number of carbonyl (C=O) groups excluding carboxylic acids is 2. The normalized spacial score (nSPS) is 17.5. The molecule has 16 nitrogen and oxygen atoms in total. The van der Waals surface area contributed by atoms with Gasteiger partial charge in [-0.25, -0.2) is 0 Å². The minimum atomic E-state index is -1.59. The fourth-order valence-electron chi connectivity index (χ4n) is 5.68. The predicted octanol–water partition coefficient (Wildman–Crippen LogP) is 2.56. The van der Waals surface area contributed by atoms with Crippen LogP contribution in [0.5, 0.6) is 0 Å². The number of carbonyl (C=O) groups is 6. The molecule has 0 saturated heterocycles. The van der Waals surface area contributed by atoms with Gasteiger partial charge in [-0.1, -0.05) is 46.5 Å². The van der Waals surface area contributed by atoms with E-state index in [1.165, 1.54) is 0 Å². The number of carboxylic acid groups (broad SMARTS) is 4. The van der Waals surface area contributed by atoms with E-state index >= 15 is 0 Å². The SMILES string of the molecule is CCCC[C@H](C)[C@@H](OC(=O)C[C@@H](CC(=O)O)C(=O)O)[C@@H](C[C@@H](C)C[C@H](O)CCCC[C@H](O)C[C@H](O)[C@@H](C)N)OC(=O)C[C@@H](CC(=O)O)C(=O)O. The highest BCUT2D eigenvalue weighted by molar-refractivity contribution is 5.83. The molecule has 0 aromatic rings. The van der Waals surface area contributed by atoms with Gasteiger partial charge in [-0.3, -0.25) is 28.8 Å². The number of nitrogens with two attached hydrogens (primary N) is 1. The van der Waals surface area contributed by atoms with E-state index in [-0.39, 0.29) is 25.2 Å². The lowest BCUT2D eigenvalue weighted by Gasteiger charge is -2.33. The number of esters is 2. The van der Waals surface area contributed by atoms with E-state index in [1.807, 2.05) is 6.92 Å². The molecular weight excluding hydrogens is 662 g/mol. The molecule has 0 heterocycles. The second kappa shape index (κ2) is 24.7. The standard InChI is InChI=1S/C34H59NO15/c1-5-6-9-20(3)32(50-31(44)17-23(34(47)48)15-29(41)42)27(49-30(43)16-22(33(45)46)14-28(39)40)13-19(2)12-24(36)10-7-8-11-25(37)18-26(38)21(4)35/h19-27,32,36-38H,5-18,35H2,1-4H3,(H,39,40)(H,41,42)(H,45,46)(H,47,48)/t19-,20-,21+,22+,23+,24+,25-,26-,27+,32+/m0/s1. The summed E-state index contributed by atoms with van der Waals surface area (Å²) in [5.74, 6) is -12.0. The molecule has 0 amide bonds.